The number of tetrazole rings is 1. The molecule has 1 aromatic carbocycles. The highest BCUT2D eigenvalue weighted by atomic mass is 16.2. The second kappa shape index (κ2) is 4.88. The lowest BCUT2D eigenvalue weighted by Crippen LogP contribution is -2.58. The molecule has 124 valence electrons. The predicted octanol–water partition coefficient (Wildman–Crippen LogP) is 2.68. The van der Waals surface area contributed by atoms with E-state index in [0.717, 1.165) is 19.3 Å². The van der Waals surface area contributed by atoms with Crippen molar-refractivity contribution in [2.75, 3.05) is 5.32 Å². The number of carbonyl (C=O) groups is 1. The van der Waals surface area contributed by atoms with Gasteiger partial charge in [-0.15, -0.1) is 5.10 Å². The first-order chi connectivity index (χ1) is 11.7. The third-order valence-electron chi connectivity index (χ3n) is 6.50. The van der Waals surface area contributed by atoms with Gasteiger partial charge in [0.1, 0.15) is 0 Å². The largest absolute Gasteiger partial charge is 0.291 e. The van der Waals surface area contributed by atoms with E-state index in [4.69, 9.17) is 0 Å². The van der Waals surface area contributed by atoms with Gasteiger partial charge in [0.25, 0.3) is 5.95 Å². The van der Waals surface area contributed by atoms with Crippen molar-refractivity contribution in [3.8, 4) is 0 Å². The molecule has 0 aliphatic heterocycles. The highest BCUT2D eigenvalue weighted by Crippen LogP contribution is 2.65. The number of hydrogen-bond donors (Lipinski definition) is 2. The minimum atomic E-state index is -0.277. The van der Waals surface area contributed by atoms with Crippen LogP contribution in [0, 0.1) is 17.3 Å². The zero-order chi connectivity index (χ0) is 16.2. The van der Waals surface area contributed by atoms with E-state index in [0.29, 0.717) is 11.8 Å². The summed E-state index contributed by atoms with van der Waals surface area (Å²) in [5.41, 5.74) is 1.30. The predicted molar refractivity (Wildman–Crippen MR) is 88.0 cm³/mol. The molecule has 4 fully saturated rings. The molecule has 6 rings (SSSR count). The molecule has 4 saturated carbocycles. The van der Waals surface area contributed by atoms with Gasteiger partial charge in [0.15, 0.2) is 0 Å². The lowest BCUT2D eigenvalue weighted by atomic mass is 9.42. The van der Waals surface area contributed by atoms with Crippen LogP contribution in [0.15, 0.2) is 30.3 Å². The third kappa shape index (κ3) is 2.01. The van der Waals surface area contributed by atoms with Crippen molar-refractivity contribution in [2.24, 2.45) is 17.3 Å². The van der Waals surface area contributed by atoms with Crippen LogP contribution >= 0.6 is 0 Å². The van der Waals surface area contributed by atoms with Crippen LogP contribution in [0.4, 0.5) is 5.95 Å². The first-order valence-electron chi connectivity index (χ1n) is 8.78. The van der Waals surface area contributed by atoms with Crippen molar-refractivity contribution < 1.29 is 4.79 Å². The fraction of sp³-hybridized carbons (Fsp3) is 0.556. The Morgan fingerprint density at radius 3 is 2.54 bits per heavy atom. The second-order valence-electron chi connectivity index (χ2n) is 8.08. The Labute approximate surface area is 140 Å². The maximum absolute atomic E-state index is 13.1. The van der Waals surface area contributed by atoms with Gasteiger partial charge in [-0.1, -0.05) is 35.4 Å². The topological polar surface area (TPSA) is 83.6 Å². The minimum Gasteiger partial charge on any atom is -0.291 e. The molecular formula is C18H21N5O. The molecule has 1 amide bonds. The number of aromatic amines is 1. The van der Waals surface area contributed by atoms with Crippen molar-refractivity contribution in [1.29, 1.82) is 0 Å². The van der Waals surface area contributed by atoms with Crippen LogP contribution < -0.4 is 5.32 Å². The summed E-state index contributed by atoms with van der Waals surface area (Å²) in [6, 6.07) is 10.8. The summed E-state index contributed by atoms with van der Waals surface area (Å²) in [5, 5.41) is 16.6. The van der Waals surface area contributed by atoms with E-state index in [-0.39, 0.29) is 22.7 Å². The number of benzene rings is 1. The Balaban J connectivity index is 1.50. The van der Waals surface area contributed by atoms with Crippen LogP contribution in [0.3, 0.4) is 0 Å². The molecule has 0 spiro atoms. The highest BCUT2D eigenvalue weighted by molar-refractivity contribution is 5.94. The molecule has 4 bridgehead atoms. The molecular weight excluding hydrogens is 302 g/mol. The van der Waals surface area contributed by atoms with Gasteiger partial charge in [-0.05, 0) is 66.6 Å². The zero-order valence-electron chi connectivity index (χ0n) is 13.5. The molecule has 2 unspecified atom stereocenters. The maximum atomic E-state index is 13.1. The Morgan fingerprint density at radius 1 is 1.12 bits per heavy atom. The molecule has 1 heterocycles. The molecule has 6 heteroatoms. The number of carbonyl (C=O) groups excluding carboxylic acids is 1. The monoisotopic (exact) mass is 323 g/mol. The van der Waals surface area contributed by atoms with Crippen molar-refractivity contribution in [3.05, 3.63) is 35.9 Å². The summed E-state index contributed by atoms with van der Waals surface area (Å²) < 4.78 is 0. The van der Waals surface area contributed by atoms with Crippen LogP contribution in [0.25, 0.3) is 0 Å². The first kappa shape index (κ1) is 14.1. The summed E-state index contributed by atoms with van der Waals surface area (Å²) in [6.45, 7) is 0. The molecule has 1 aromatic heterocycles. The SMILES string of the molecule is O=C(Nc1nn[nH]n1)C12C[C@H]3C[C@@H](C1)CC(c1ccccc1)(C3)C2. The molecule has 6 nitrogen and oxygen atoms in total. The second-order valence-corrected chi connectivity index (χ2v) is 8.08. The van der Waals surface area contributed by atoms with Crippen molar-refractivity contribution in [3.63, 3.8) is 0 Å². The normalized spacial score (nSPS) is 36.7. The van der Waals surface area contributed by atoms with E-state index < -0.39 is 0 Å². The van der Waals surface area contributed by atoms with Gasteiger partial charge in [0, 0.05) is 0 Å². The molecule has 2 aromatic rings. The van der Waals surface area contributed by atoms with E-state index in [9.17, 15) is 4.79 Å². The van der Waals surface area contributed by atoms with E-state index in [2.05, 4.69) is 56.3 Å². The van der Waals surface area contributed by atoms with Crippen LogP contribution in [0.2, 0.25) is 0 Å². The number of nitrogens with zero attached hydrogens (tertiary/aromatic N) is 3. The summed E-state index contributed by atoms with van der Waals surface area (Å²) in [4.78, 5) is 13.1. The van der Waals surface area contributed by atoms with Gasteiger partial charge < -0.3 is 0 Å². The quantitative estimate of drug-likeness (QED) is 0.909. The zero-order valence-corrected chi connectivity index (χ0v) is 13.5. The summed E-state index contributed by atoms with van der Waals surface area (Å²) in [5.74, 6) is 1.67. The van der Waals surface area contributed by atoms with Gasteiger partial charge in [0.2, 0.25) is 5.91 Å². The summed E-state index contributed by atoms with van der Waals surface area (Å²) in [7, 11) is 0. The Hall–Kier alpha value is -2.24. The average molecular weight is 323 g/mol. The number of rotatable bonds is 3. The molecule has 0 radical (unpaired) electrons. The van der Waals surface area contributed by atoms with Crippen molar-refractivity contribution in [2.45, 2.75) is 43.9 Å². The minimum absolute atomic E-state index is 0.0818. The van der Waals surface area contributed by atoms with E-state index in [1.165, 1.54) is 24.8 Å². The highest BCUT2D eigenvalue weighted by Gasteiger charge is 2.61. The summed E-state index contributed by atoms with van der Waals surface area (Å²) >= 11 is 0. The summed E-state index contributed by atoms with van der Waals surface area (Å²) in [6.07, 6.45) is 6.69. The third-order valence-corrected chi connectivity index (χ3v) is 6.50. The Kier molecular flexibility index (Phi) is 2.87. The number of hydrogen-bond acceptors (Lipinski definition) is 4. The van der Waals surface area contributed by atoms with E-state index >= 15 is 0 Å². The number of nitrogens with one attached hydrogen (secondary N) is 2. The molecule has 4 aliphatic rings. The van der Waals surface area contributed by atoms with Gasteiger partial charge in [0.05, 0.1) is 5.41 Å². The molecule has 24 heavy (non-hydrogen) atoms. The lowest BCUT2D eigenvalue weighted by molar-refractivity contribution is -0.143. The Bertz CT molecular complexity index is 743. The number of amides is 1. The molecule has 2 N–H and O–H groups in total. The lowest BCUT2D eigenvalue weighted by Gasteiger charge is -2.61. The van der Waals surface area contributed by atoms with E-state index in [1.807, 2.05) is 0 Å². The van der Waals surface area contributed by atoms with Crippen LogP contribution in [0.5, 0.6) is 0 Å². The molecule has 4 aliphatic carbocycles. The van der Waals surface area contributed by atoms with Gasteiger partial charge in [-0.2, -0.15) is 5.21 Å². The Morgan fingerprint density at radius 2 is 1.88 bits per heavy atom. The number of H-pyrrole nitrogens is 1. The van der Waals surface area contributed by atoms with E-state index in [1.54, 1.807) is 0 Å². The number of aromatic nitrogens is 4. The van der Waals surface area contributed by atoms with Gasteiger partial charge in [-0.25, -0.2) is 0 Å². The smallest absolute Gasteiger partial charge is 0.269 e. The fourth-order valence-corrected chi connectivity index (χ4v) is 6.11. The van der Waals surface area contributed by atoms with Crippen molar-refractivity contribution >= 4 is 11.9 Å². The van der Waals surface area contributed by atoms with Gasteiger partial charge in [-0.3, -0.25) is 10.1 Å². The fourth-order valence-electron chi connectivity index (χ4n) is 6.11. The molecule has 0 saturated heterocycles. The maximum Gasteiger partial charge on any atom is 0.269 e. The molecule has 4 atom stereocenters. The van der Waals surface area contributed by atoms with Crippen LogP contribution in [-0.2, 0) is 10.2 Å². The first-order valence-corrected chi connectivity index (χ1v) is 8.78. The number of anilines is 1. The van der Waals surface area contributed by atoms with Crippen molar-refractivity contribution in [1.82, 2.24) is 20.6 Å². The standard InChI is InChI=1S/C18H21N5O/c24-15(19-16-20-22-23-21-16)18-9-12-6-13(10-18)8-17(7-12,11-18)14-4-2-1-3-5-14/h1-5,12-13H,6-11H2,(H2,19,20,21,22,23,24)/t12-,13+,17?,18?. The van der Waals surface area contributed by atoms with Crippen LogP contribution in [0.1, 0.15) is 44.1 Å². The average Bonchev–Trinajstić information content (AvgIpc) is 3.07. The van der Waals surface area contributed by atoms with Gasteiger partial charge >= 0.3 is 0 Å². The van der Waals surface area contributed by atoms with Crippen LogP contribution in [-0.4, -0.2) is 26.5 Å².